The fourth-order valence-corrected chi connectivity index (χ4v) is 1.08. The zero-order chi connectivity index (χ0) is 9.98. The summed E-state index contributed by atoms with van der Waals surface area (Å²) in [6.07, 6.45) is 1.20. The van der Waals surface area contributed by atoms with Gasteiger partial charge in [-0.1, -0.05) is 20.8 Å². The fourth-order valence-electron chi connectivity index (χ4n) is 1.08. The van der Waals surface area contributed by atoms with E-state index in [0.717, 1.165) is 6.54 Å². The van der Waals surface area contributed by atoms with Crippen molar-refractivity contribution in [1.29, 1.82) is 0 Å². The van der Waals surface area contributed by atoms with Crippen LogP contribution in [0.3, 0.4) is 0 Å². The SMILES string of the molecule is CC.CCNC(C)CC(C)NC. The molecule has 0 aromatic carbocycles. The van der Waals surface area contributed by atoms with Crippen LogP contribution in [0, 0.1) is 0 Å². The fraction of sp³-hybridized carbons (Fsp3) is 1.00. The summed E-state index contributed by atoms with van der Waals surface area (Å²) < 4.78 is 0. The second kappa shape index (κ2) is 10.9. The monoisotopic (exact) mass is 174 g/mol. The van der Waals surface area contributed by atoms with E-state index in [-0.39, 0.29) is 0 Å². The van der Waals surface area contributed by atoms with Crippen molar-refractivity contribution in [2.24, 2.45) is 0 Å². The first-order valence-corrected chi connectivity index (χ1v) is 5.11. The van der Waals surface area contributed by atoms with Crippen LogP contribution in [-0.2, 0) is 0 Å². The lowest BCUT2D eigenvalue weighted by Gasteiger charge is -2.16. The maximum Gasteiger partial charge on any atom is 0.00533 e. The third-order valence-corrected chi connectivity index (χ3v) is 1.75. The van der Waals surface area contributed by atoms with Crippen LogP contribution in [0.5, 0.6) is 0 Å². The minimum Gasteiger partial charge on any atom is -0.317 e. The zero-order valence-electron chi connectivity index (χ0n) is 9.57. The van der Waals surface area contributed by atoms with E-state index < -0.39 is 0 Å². The Labute approximate surface area is 78.1 Å². The molecule has 0 aromatic rings. The molecule has 2 heteroatoms. The molecule has 0 heterocycles. The Bertz CT molecular complexity index is 74.2. The maximum atomic E-state index is 3.37. The molecule has 2 atom stereocenters. The van der Waals surface area contributed by atoms with Crippen molar-refractivity contribution < 1.29 is 0 Å². The highest BCUT2D eigenvalue weighted by Crippen LogP contribution is 1.95. The van der Waals surface area contributed by atoms with Crippen LogP contribution < -0.4 is 10.6 Å². The topological polar surface area (TPSA) is 24.1 Å². The largest absolute Gasteiger partial charge is 0.317 e. The molecular formula is C10H26N2. The lowest BCUT2D eigenvalue weighted by Crippen LogP contribution is -2.33. The van der Waals surface area contributed by atoms with Gasteiger partial charge in [0.25, 0.3) is 0 Å². The van der Waals surface area contributed by atoms with Gasteiger partial charge in [-0.15, -0.1) is 0 Å². The van der Waals surface area contributed by atoms with Crippen LogP contribution in [-0.4, -0.2) is 25.7 Å². The Kier molecular flexibility index (Phi) is 13.1. The van der Waals surface area contributed by atoms with Gasteiger partial charge in [0.2, 0.25) is 0 Å². The van der Waals surface area contributed by atoms with Crippen molar-refractivity contribution in [2.45, 2.75) is 53.1 Å². The Morgan fingerprint density at radius 1 is 1.08 bits per heavy atom. The van der Waals surface area contributed by atoms with E-state index in [0.29, 0.717) is 12.1 Å². The van der Waals surface area contributed by atoms with Crippen molar-refractivity contribution >= 4 is 0 Å². The number of nitrogens with one attached hydrogen (secondary N) is 2. The maximum absolute atomic E-state index is 3.37. The van der Waals surface area contributed by atoms with Crippen molar-refractivity contribution in [3.63, 3.8) is 0 Å². The first-order chi connectivity index (χ1) is 5.70. The summed E-state index contributed by atoms with van der Waals surface area (Å²) in [5.41, 5.74) is 0. The van der Waals surface area contributed by atoms with E-state index in [1.807, 2.05) is 20.9 Å². The summed E-state index contributed by atoms with van der Waals surface area (Å²) >= 11 is 0. The molecule has 2 unspecified atom stereocenters. The highest BCUT2D eigenvalue weighted by Gasteiger charge is 2.03. The Morgan fingerprint density at radius 3 is 1.92 bits per heavy atom. The minimum absolute atomic E-state index is 0.619. The predicted octanol–water partition coefficient (Wildman–Crippen LogP) is 2.01. The summed E-state index contributed by atoms with van der Waals surface area (Å²) in [6, 6.07) is 1.25. The molecule has 0 aromatic heterocycles. The molecule has 2 nitrogen and oxygen atoms in total. The molecule has 0 spiro atoms. The van der Waals surface area contributed by atoms with E-state index in [2.05, 4.69) is 31.4 Å². The lowest BCUT2D eigenvalue weighted by atomic mass is 10.1. The van der Waals surface area contributed by atoms with Crippen LogP contribution >= 0.6 is 0 Å². The van der Waals surface area contributed by atoms with Gasteiger partial charge in [0, 0.05) is 12.1 Å². The van der Waals surface area contributed by atoms with E-state index in [1.165, 1.54) is 6.42 Å². The van der Waals surface area contributed by atoms with Crippen molar-refractivity contribution in [3.05, 3.63) is 0 Å². The number of rotatable bonds is 5. The van der Waals surface area contributed by atoms with Crippen LogP contribution in [0.1, 0.15) is 41.0 Å². The molecule has 0 fully saturated rings. The van der Waals surface area contributed by atoms with Gasteiger partial charge in [0.1, 0.15) is 0 Å². The normalized spacial score (nSPS) is 14.5. The van der Waals surface area contributed by atoms with Gasteiger partial charge in [-0.25, -0.2) is 0 Å². The molecule has 0 saturated carbocycles. The third kappa shape index (κ3) is 9.92. The molecule has 12 heavy (non-hydrogen) atoms. The molecule has 0 bridgehead atoms. The third-order valence-electron chi connectivity index (χ3n) is 1.75. The van der Waals surface area contributed by atoms with Crippen LogP contribution in [0.2, 0.25) is 0 Å². The molecule has 2 N–H and O–H groups in total. The second-order valence-corrected chi connectivity index (χ2v) is 2.88. The summed E-state index contributed by atoms with van der Waals surface area (Å²) in [5, 5.41) is 6.58. The molecule has 0 aliphatic carbocycles. The Hall–Kier alpha value is -0.0800. The summed E-state index contributed by atoms with van der Waals surface area (Å²) in [5.74, 6) is 0. The highest BCUT2D eigenvalue weighted by molar-refractivity contribution is 4.66. The molecular weight excluding hydrogens is 148 g/mol. The van der Waals surface area contributed by atoms with E-state index in [4.69, 9.17) is 0 Å². The van der Waals surface area contributed by atoms with E-state index in [9.17, 15) is 0 Å². The predicted molar refractivity (Wildman–Crippen MR) is 57.6 cm³/mol. The van der Waals surface area contributed by atoms with Crippen molar-refractivity contribution in [3.8, 4) is 0 Å². The first kappa shape index (κ1) is 14.4. The second-order valence-electron chi connectivity index (χ2n) is 2.88. The quantitative estimate of drug-likeness (QED) is 0.666. The molecule has 0 saturated heterocycles. The Morgan fingerprint density at radius 2 is 1.58 bits per heavy atom. The van der Waals surface area contributed by atoms with Gasteiger partial charge >= 0.3 is 0 Å². The van der Waals surface area contributed by atoms with Crippen molar-refractivity contribution in [2.75, 3.05) is 13.6 Å². The van der Waals surface area contributed by atoms with E-state index >= 15 is 0 Å². The summed E-state index contributed by atoms with van der Waals surface area (Å²) in [7, 11) is 2.00. The molecule has 76 valence electrons. The lowest BCUT2D eigenvalue weighted by molar-refractivity contribution is 0.453. The molecule has 0 rings (SSSR count). The average Bonchev–Trinajstić information content (AvgIpc) is 2.08. The van der Waals surface area contributed by atoms with Gasteiger partial charge in [0.15, 0.2) is 0 Å². The first-order valence-electron chi connectivity index (χ1n) is 5.11. The van der Waals surface area contributed by atoms with Gasteiger partial charge in [-0.3, -0.25) is 0 Å². The smallest absolute Gasteiger partial charge is 0.00533 e. The highest BCUT2D eigenvalue weighted by atomic mass is 14.9. The number of hydrogen-bond donors (Lipinski definition) is 2. The van der Waals surface area contributed by atoms with Gasteiger partial charge < -0.3 is 10.6 Å². The minimum atomic E-state index is 0.619. The van der Waals surface area contributed by atoms with Gasteiger partial charge in [-0.05, 0) is 33.9 Å². The Balaban J connectivity index is 0. The van der Waals surface area contributed by atoms with E-state index in [1.54, 1.807) is 0 Å². The van der Waals surface area contributed by atoms with Crippen LogP contribution in [0.4, 0.5) is 0 Å². The molecule has 0 amide bonds. The van der Waals surface area contributed by atoms with Crippen LogP contribution in [0.15, 0.2) is 0 Å². The zero-order valence-corrected chi connectivity index (χ0v) is 9.57. The van der Waals surface area contributed by atoms with Crippen molar-refractivity contribution in [1.82, 2.24) is 10.6 Å². The summed E-state index contributed by atoms with van der Waals surface area (Å²) in [4.78, 5) is 0. The standard InChI is InChI=1S/C8H20N2.C2H6/c1-5-10-8(3)6-7(2)9-4;1-2/h7-10H,5-6H2,1-4H3;1-2H3. The van der Waals surface area contributed by atoms with Crippen LogP contribution in [0.25, 0.3) is 0 Å². The molecule has 0 radical (unpaired) electrons. The van der Waals surface area contributed by atoms with Gasteiger partial charge in [-0.2, -0.15) is 0 Å². The van der Waals surface area contributed by atoms with Gasteiger partial charge in [0.05, 0.1) is 0 Å². The average molecular weight is 174 g/mol. The molecule has 0 aliphatic heterocycles. The molecule has 0 aliphatic rings. The summed E-state index contributed by atoms with van der Waals surface area (Å²) in [6.45, 7) is 11.6. The number of hydrogen-bond acceptors (Lipinski definition) is 2.